The van der Waals surface area contributed by atoms with Crippen LogP contribution in [0, 0.1) is 23.3 Å². The van der Waals surface area contributed by atoms with Crippen molar-refractivity contribution in [2.24, 2.45) is 0 Å². The molecule has 1 heterocycles. The van der Waals surface area contributed by atoms with Crippen molar-refractivity contribution in [2.45, 2.75) is 0 Å². The lowest BCUT2D eigenvalue weighted by molar-refractivity contribution is 0.447. The fourth-order valence-electron chi connectivity index (χ4n) is 2.01. The Morgan fingerprint density at radius 1 is 0.864 bits per heavy atom. The van der Waals surface area contributed by atoms with E-state index >= 15 is 0 Å². The van der Waals surface area contributed by atoms with Gasteiger partial charge in [-0.2, -0.15) is 0 Å². The van der Waals surface area contributed by atoms with Crippen LogP contribution in [0.1, 0.15) is 0 Å². The standard InChI is InChI=1S/C15H6F4O3/c16-8-2-1-6(3-9(8)17)15-14(21)13(20)7-4-10(18)11(19)5-12(7)22-15/h1-5,21H. The van der Waals surface area contributed by atoms with E-state index in [9.17, 15) is 27.5 Å². The van der Waals surface area contributed by atoms with Gasteiger partial charge in [0.15, 0.2) is 29.0 Å². The fourth-order valence-corrected chi connectivity index (χ4v) is 2.01. The molecular weight excluding hydrogens is 304 g/mol. The van der Waals surface area contributed by atoms with Gasteiger partial charge < -0.3 is 9.52 Å². The second-order valence-corrected chi connectivity index (χ2v) is 4.50. The molecule has 0 atom stereocenters. The van der Waals surface area contributed by atoms with Crippen molar-refractivity contribution >= 4 is 11.0 Å². The summed E-state index contributed by atoms with van der Waals surface area (Å²) in [6.07, 6.45) is 0. The number of hydrogen-bond donors (Lipinski definition) is 1. The van der Waals surface area contributed by atoms with Crippen molar-refractivity contribution in [1.29, 1.82) is 0 Å². The average molecular weight is 310 g/mol. The first kappa shape index (κ1) is 14.1. The molecule has 0 aliphatic rings. The van der Waals surface area contributed by atoms with Gasteiger partial charge in [0.05, 0.1) is 5.39 Å². The fraction of sp³-hybridized carbons (Fsp3) is 0. The zero-order chi connectivity index (χ0) is 16.0. The maximum Gasteiger partial charge on any atom is 0.235 e. The third-order valence-corrected chi connectivity index (χ3v) is 3.09. The SMILES string of the molecule is O=c1c(O)c(-c2ccc(F)c(F)c2)oc2cc(F)c(F)cc12. The Hall–Kier alpha value is -2.83. The zero-order valence-corrected chi connectivity index (χ0v) is 10.7. The topological polar surface area (TPSA) is 50.4 Å². The molecule has 1 N–H and O–H groups in total. The Morgan fingerprint density at radius 2 is 1.50 bits per heavy atom. The van der Waals surface area contributed by atoms with E-state index in [0.717, 1.165) is 12.1 Å². The van der Waals surface area contributed by atoms with E-state index in [0.29, 0.717) is 18.2 Å². The largest absolute Gasteiger partial charge is 0.502 e. The van der Waals surface area contributed by atoms with Crippen LogP contribution in [-0.4, -0.2) is 5.11 Å². The monoisotopic (exact) mass is 310 g/mol. The predicted molar refractivity (Wildman–Crippen MR) is 69.4 cm³/mol. The summed E-state index contributed by atoms with van der Waals surface area (Å²) in [7, 11) is 0. The molecule has 0 saturated carbocycles. The summed E-state index contributed by atoms with van der Waals surface area (Å²) in [5.74, 6) is -6.26. The molecule has 0 fully saturated rings. The Bertz CT molecular complexity index is 963. The number of halogens is 4. The molecule has 0 radical (unpaired) electrons. The Morgan fingerprint density at radius 3 is 2.18 bits per heavy atom. The summed E-state index contributed by atoms with van der Waals surface area (Å²) in [5.41, 5.74) is -1.47. The Balaban J connectivity index is 2.35. The molecule has 2 aromatic carbocycles. The first-order valence-electron chi connectivity index (χ1n) is 5.98. The minimum absolute atomic E-state index is 0.125. The van der Waals surface area contributed by atoms with Gasteiger partial charge in [-0.15, -0.1) is 0 Å². The van der Waals surface area contributed by atoms with Crippen molar-refractivity contribution < 1.29 is 27.1 Å². The van der Waals surface area contributed by atoms with Gasteiger partial charge >= 0.3 is 0 Å². The molecule has 0 aliphatic heterocycles. The van der Waals surface area contributed by atoms with Gasteiger partial charge in [0, 0.05) is 11.6 Å². The van der Waals surface area contributed by atoms with Crippen LogP contribution in [-0.2, 0) is 0 Å². The van der Waals surface area contributed by atoms with Crippen LogP contribution >= 0.6 is 0 Å². The van der Waals surface area contributed by atoms with E-state index in [2.05, 4.69) is 0 Å². The lowest BCUT2D eigenvalue weighted by Crippen LogP contribution is -2.04. The number of fused-ring (bicyclic) bond motifs is 1. The van der Waals surface area contributed by atoms with Gasteiger partial charge in [0.1, 0.15) is 5.58 Å². The lowest BCUT2D eigenvalue weighted by atomic mass is 10.1. The van der Waals surface area contributed by atoms with E-state index in [-0.39, 0.29) is 16.5 Å². The molecule has 0 amide bonds. The van der Waals surface area contributed by atoms with Crippen LogP contribution in [0.4, 0.5) is 17.6 Å². The van der Waals surface area contributed by atoms with Crippen molar-refractivity contribution in [2.75, 3.05) is 0 Å². The highest BCUT2D eigenvalue weighted by molar-refractivity contribution is 5.81. The van der Waals surface area contributed by atoms with Gasteiger partial charge in [-0.05, 0) is 24.3 Å². The summed E-state index contributed by atoms with van der Waals surface area (Å²) in [4.78, 5) is 12.0. The van der Waals surface area contributed by atoms with E-state index in [1.54, 1.807) is 0 Å². The Kier molecular flexibility index (Phi) is 3.13. The second kappa shape index (κ2) is 4.87. The van der Waals surface area contributed by atoms with Crippen molar-refractivity contribution in [1.82, 2.24) is 0 Å². The molecule has 112 valence electrons. The van der Waals surface area contributed by atoms with E-state index < -0.39 is 40.2 Å². The van der Waals surface area contributed by atoms with Crippen molar-refractivity contribution in [3.05, 3.63) is 63.8 Å². The van der Waals surface area contributed by atoms with Gasteiger partial charge in [0.2, 0.25) is 11.2 Å². The minimum atomic E-state index is -1.28. The molecule has 0 saturated heterocycles. The quantitative estimate of drug-likeness (QED) is 0.697. The van der Waals surface area contributed by atoms with Crippen LogP contribution in [0.15, 0.2) is 39.5 Å². The maximum atomic E-state index is 13.2. The summed E-state index contributed by atoms with van der Waals surface area (Å²) in [6.45, 7) is 0. The highest BCUT2D eigenvalue weighted by Crippen LogP contribution is 2.31. The van der Waals surface area contributed by atoms with E-state index in [1.807, 2.05) is 0 Å². The predicted octanol–water partition coefficient (Wildman–Crippen LogP) is 3.72. The van der Waals surface area contributed by atoms with Crippen LogP contribution in [0.25, 0.3) is 22.3 Å². The number of aromatic hydroxyl groups is 1. The summed E-state index contributed by atoms with van der Waals surface area (Å²) >= 11 is 0. The molecule has 0 bridgehead atoms. The lowest BCUT2D eigenvalue weighted by Gasteiger charge is -2.06. The summed E-state index contributed by atoms with van der Waals surface area (Å²) < 4.78 is 57.7. The van der Waals surface area contributed by atoms with E-state index in [1.165, 1.54) is 0 Å². The number of rotatable bonds is 1. The van der Waals surface area contributed by atoms with Crippen LogP contribution < -0.4 is 5.43 Å². The van der Waals surface area contributed by atoms with Crippen molar-refractivity contribution in [3.8, 4) is 17.1 Å². The van der Waals surface area contributed by atoms with E-state index in [4.69, 9.17) is 4.42 Å². The minimum Gasteiger partial charge on any atom is -0.502 e. The first-order valence-corrected chi connectivity index (χ1v) is 5.98. The van der Waals surface area contributed by atoms with Crippen LogP contribution in [0.5, 0.6) is 5.75 Å². The van der Waals surface area contributed by atoms with Gasteiger partial charge in [0.25, 0.3) is 0 Å². The second-order valence-electron chi connectivity index (χ2n) is 4.50. The summed E-state index contributed by atoms with van der Waals surface area (Å²) in [5, 5.41) is 9.46. The van der Waals surface area contributed by atoms with Gasteiger partial charge in [-0.3, -0.25) is 4.79 Å². The molecule has 22 heavy (non-hydrogen) atoms. The first-order chi connectivity index (χ1) is 10.4. The molecular formula is C15H6F4O3. The molecule has 0 aliphatic carbocycles. The summed E-state index contributed by atoms with van der Waals surface area (Å²) in [6, 6.07) is 3.78. The molecule has 0 unspecified atom stereocenters. The molecule has 3 nitrogen and oxygen atoms in total. The highest BCUT2D eigenvalue weighted by atomic mass is 19.2. The van der Waals surface area contributed by atoms with Gasteiger partial charge in [-0.25, -0.2) is 17.6 Å². The maximum absolute atomic E-state index is 13.2. The van der Waals surface area contributed by atoms with Crippen molar-refractivity contribution in [3.63, 3.8) is 0 Å². The highest BCUT2D eigenvalue weighted by Gasteiger charge is 2.18. The Labute approximate surface area is 120 Å². The molecule has 3 rings (SSSR count). The molecule has 1 aromatic heterocycles. The number of benzene rings is 2. The van der Waals surface area contributed by atoms with Gasteiger partial charge in [-0.1, -0.05) is 0 Å². The third-order valence-electron chi connectivity index (χ3n) is 3.09. The zero-order valence-electron chi connectivity index (χ0n) is 10.7. The van der Waals surface area contributed by atoms with Crippen LogP contribution in [0.3, 0.4) is 0 Å². The third kappa shape index (κ3) is 2.11. The molecule has 7 heteroatoms. The molecule has 3 aromatic rings. The molecule has 0 spiro atoms. The van der Waals surface area contributed by atoms with Crippen LogP contribution in [0.2, 0.25) is 0 Å². The number of hydrogen-bond acceptors (Lipinski definition) is 3. The normalized spacial score (nSPS) is 11.1. The average Bonchev–Trinajstić information content (AvgIpc) is 2.48. The smallest absolute Gasteiger partial charge is 0.235 e.